The molecule has 1 atom stereocenters. The van der Waals surface area contributed by atoms with Crippen LogP contribution in [0, 0.1) is 6.92 Å². The van der Waals surface area contributed by atoms with Crippen molar-refractivity contribution < 1.29 is 32.4 Å². The predicted octanol–water partition coefficient (Wildman–Crippen LogP) is 5.21. The third-order valence-corrected chi connectivity index (χ3v) is 5.69. The zero-order chi connectivity index (χ0) is 23.2. The molecule has 2 heterocycles. The summed E-state index contributed by atoms with van der Waals surface area (Å²) in [5.74, 6) is -2.17. The van der Waals surface area contributed by atoms with E-state index in [1.165, 1.54) is 4.90 Å². The molecule has 0 aliphatic carbocycles. The van der Waals surface area contributed by atoms with E-state index < -0.39 is 29.2 Å². The Morgan fingerprint density at radius 1 is 1.28 bits per heavy atom. The Balaban J connectivity index is 1.68. The van der Waals surface area contributed by atoms with Gasteiger partial charge in [0.25, 0.3) is 5.91 Å². The summed E-state index contributed by atoms with van der Waals surface area (Å²) in [6, 6.07) is 8.61. The average molecular weight is 444 g/mol. The molecule has 1 aliphatic heterocycles. The minimum atomic E-state index is -4.78. The van der Waals surface area contributed by atoms with Gasteiger partial charge in [0.15, 0.2) is 0 Å². The third-order valence-electron chi connectivity index (χ3n) is 5.69. The van der Waals surface area contributed by atoms with Crippen LogP contribution >= 0.6 is 0 Å². The molecule has 0 saturated carbocycles. The van der Waals surface area contributed by atoms with E-state index in [0.717, 1.165) is 22.9 Å². The second kappa shape index (κ2) is 7.81. The molecule has 1 aliphatic rings. The van der Waals surface area contributed by atoms with Gasteiger partial charge in [-0.05, 0) is 54.7 Å². The zero-order valence-corrected chi connectivity index (χ0v) is 17.2. The van der Waals surface area contributed by atoms with Gasteiger partial charge in [0.1, 0.15) is 6.26 Å². The van der Waals surface area contributed by atoms with Crippen molar-refractivity contribution in [1.82, 2.24) is 5.16 Å². The lowest BCUT2D eigenvalue weighted by molar-refractivity contribution is -0.138. The first-order chi connectivity index (χ1) is 15.1. The van der Waals surface area contributed by atoms with Crippen LogP contribution in [0.2, 0.25) is 0 Å². The van der Waals surface area contributed by atoms with Gasteiger partial charge in [0.2, 0.25) is 0 Å². The Morgan fingerprint density at radius 3 is 2.66 bits per heavy atom. The van der Waals surface area contributed by atoms with E-state index in [-0.39, 0.29) is 23.6 Å². The van der Waals surface area contributed by atoms with E-state index in [0.29, 0.717) is 18.2 Å². The van der Waals surface area contributed by atoms with Crippen LogP contribution in [0.25, 0.3) is 0 Å². The summed E-state index contributed by atoms with van der Waals surface area (Å²) in [7, 11) is 0. The summed E-state index contributed by atoms with van der Waals surface area (Å²) in [4.78, 5) is 25.5. The summed E-state index contributed by atoms with van der Waals surface area (Å²) in [6.07, 6.45) is -2.62. The molecule has 0 radical (unpaired) electrons. The Bertz CT molecular complexity index is 1220. The van der Waals surface area contributed by atoms with E-state index in [2.05, 4.69) is 5.16 Å². The van der Waals surface area contributed by atoms with E-state index in [9.17, 15) is 27.9 Å². The second-order valence-corrected chi connectivity index (χ2v) is 7.89. The zero-order valence-electron chi connectivity index (χ0n) is 17.2. The monoisotopic (exact) mass is 444 g/mol. The molecule has 1 amide bonds. The van der Waals surface area contributed by atoms with Gasteiger partial charge >= 0.3 is 12.1 Å². The highest BCUT2D eigenvalue weighted by atomic mass is 19.4. The van der Waals surface area contributed by atoms with Gasteiger partial charge in [-0.1, -0.05) is 24.2 Å². The second-order valence-electron chi connectivity index (χ2n) is 7.89. The number of aromatic carboxylic acids is 1. The Kier molecular flexibility index (Phi) is 5.28. The van der Waals surface area contributed by atoms with E-state index in [1.807, 2.05) is 19.9 Å². The van der Waals surface area contributed by atoms with Crippen molar-refractivity contribution in [2.75, 3.05) is 4.90 Å². The van der Waals surface area contributed by atoms with Crippen LogP contribution in [0.4, 0.5) is 18.9 Å². The third kappa shape index (κ3) is 3.86. The Labute approximate surface area is 181 Å². The molecule has 1 aromatic heterocycles. The van der Waals surface area contributed by atoms with Gasteiger partial charge in [0.05, 0.1) is 23.4 Å². The van der Waals surface area contributed by atoms with Crippen LogP contribution < -0.4 is 4.90 Å². The van der Waals surface area contributed by atoms with Gasteiger partial charge in [-0.25, -0.2) is 4.79 Å². The summed E-state index contributed by atoms with van der Waals surface area (Å²) in [6.45, 7) is 3.58. The Morgan fingerprint density at radius 2 is 2.03 bits per heavy atom. The van der Waals surface area contributed by atoms with Crippen molar-refractivity contribution >= 4 is 17.6 Å². The number of rotatable bonds is 5. The quantitative estimate of drug-likeness (QED) is 0.584. The van der Waals surface area contributed by atoms with Gasteiger partial charge in [0, 0.05) is 16.8 Å². The first-order valence-corrected chi connectivity index (χ1v) is 9.85. The number of fused-ring (bicyclic) bond motifs is 1. The molecule has 3 aromatic rings. The first-order valence-electron chi connectivity index (χ1n) is 9.85. The van der Waals surface area contributed by atoms with E-state index in [1.54, 1.807) is 24.5 Å². The van der Waals surface area contributed by atoms with Gasteiger partial charge in [-0.3, -0.25) is 4.79 Å². The fourth-order valence-corrected chi connectivity index (χ4v) is 3.91. The molecule has 0 bridgehead atoms. The van der Waals surface area contributed by atoms with Crippen LogP contribution in [0.3, 0.4) is 0 Å². The SMILES string of the molecule is Cc1conc1CC(C)c1cccc(N2Cc3c(cc(C(=O)O)cc3C(F)(F)F)C2=O)c1. The van der Waals surface area contributed by atoms with Crippen molar-refractivity contribution in [2.45, 2.75) is 38.9 Å². The molecule has 4 rings (SSSR count). The van der Waals surface area contributed by atoms with Gasteiger partial charge in [-0.15, -0.1) is 0 Å². The highest BCUT2D eigenvalue weighted by Crippen LogP contribution is 2.40. The van der Waals surface area contributed by atoms with Crippen molar-refractivity contribution in [3.63, 3.8) is 0 Å². The highest BCUT2D eigenvalue weighted by molar-refractivity contribution is 6.11. The molecule has 6 nitrogen and oxygen atoms in total. The van der Waals surface area contributed by atoms with Gasteiger partial charge in [-0.2, -0.15) is 13.2 Å². The highest BCUT2D eigenvalue weighted by Gasteiger charge is 2.41. The van der Waals surface area contributed by atoms with Crippen molar-refractivity contribution in [2.24, 2.45) is 0 Å². The van der Waals surface area contributed by atoms with Crippen LogP contribution in [0.15, 0.2) is 47.2 Å². The summed E-state index contributed by atoms with van der Waals surface area (Å²) in [5, 5.41) is 13.2. The molecule has 0 saturated heterocycles. The largest absolute Gasteiger partial charge is 0.478 e. The van der Waals surface area contributed by atoms with Crippen LogP contribution in [0.1, 0.15) is 61.5 Å². The van der Waals surface area contributed by atoms with Crippen molar-refractivity contribution in [1.29, 1.82) is 0 Å². The molecule has 2 aromatic carbocycles. The summed E-state index contributed by atoms with van der Waals surface area (Å²) < 4.78 is 45.7. The minimum absolute atomic E-state index is 0.0168. The maximum Gasteiger partial charge on any atom is 0.416 e. The van der Waals surface area contributed by atoms with Crippen LogP contribution in [0.5, 0.6) is 0 Å². The number of halogens is 3. The number of amides is 1. The molecular weight excluding hydrogens is 425 g/mol. The lowest BCUT2D eigenvalue weighted by atomic mass is 9.94. The maximum atomic E-state index is 13.6. The number of nitrogens with zero attached hydrogens (tertiary/aromatic N) is 2. The number of aromatic nitrogens is 1. The number of benzene rings is 2. The normalized spacial score (nSPS) is 14.5. The van der Waals surface area contributed by atoms with E-state index in [4.69, 9.17) is 4.52 Å². The van der Waals surface area contributed by atoms with Crippen molar-refractivity contribution in [3.8, 4) is 0 Å². The van der Waals surface area contributed by atoms with Crippen LogP contribution in [-0.4, -0.2) is 22.1 Å². The lowest BCUT2D eigenvalue weighted by Crippen LogP contribution is -2.23. The smallest absolute Gasteiger partial charge is 0.416 e. The average Bonchev–Trinajstić information content (AvgIpc) is 3.29. The van der Waals surface area contributed by atoms with Crippen LogP contribution in [-0.2, 0) is 19.1 Å². The number of alkyl halides is 3. The fraction of sp³-hybridized carbons (Fsp3) is 0.261. The molecule has 0 spiro atoms. The summed E-state index contributed by atoms with van der Waals surface area (Å²) >= 11 is 0. The summed E-state index contributed by atoms with van der Waals surface area (Å²) in [5.41, 5.74) is 0.924. The number of anilines is 1. The molecule has 1 N–H and O–H groups in total. The molecule has 1 unspecified atom stereocenters. The van der Waals surface area contributed by atoms with E-state index >= 15 is 0 Å². The predicted molar refractivity (Wildman–Crippen MR) is 109 cm³/mol. The molecule has 0 fully saturated rings. The van der Waals surface area contributed by atoms with Crippen molar-refractivity contribution in [3.05, 3.63) is 81.7 Å². The number of hydrogen-bond acceptors (Lipinski definition) is 4. The topological polar surface area (TPSA) is 83.6 Å². The molecule has 166 valence electrons. The molecule has 32 heavy (non-hydrogen) atoms. The molecular formula is C23H19F3N2O4. The minimum Gasteiger partial charge on any atom is -0.478 e. The fourth-order valence-electron chi connectivity index (χ4n) is 3.91. The number of aryl methyl sites for hydroxylation is 1. The number of carboxylic acids is 1. The number of carboxylic acid groups (broad SMARTS) is 1. The number of carbonyl (C=O) groups is 2. The van der Waals surface area contributed by atoms with Gasteiger partial charge < -0.3 is 14.5 Å². The first kappa shape index (κ1) is 21.6. The Hall–Kier alpha value is -3.62. The number of carbonyl (C=O) groups excluding carboxylic acids is 1. The lowest BCUT2D eigenvalue weighted by Gasteiger charge is -2.19. The number of hydrogen-bond donors (Lipinski definition) is 1. The maximum absolute atomic E-state index is 13.6. The molecule has 9 heteroatoms. The standard InChI is InChI=1S/C23H19F3N2O4/c1-12(6-20-13(2)11-32-27-20)14-4-3-5-16(7-14)28-10-18-17(21(28)29)8-15(22(30)31)9-19(18)23(24,25)26/h3-5,7-9,11-12H,6,10H2,1-2H3,(H,30,31).